The van der Waals surface area contributed by atoms with Gasteiger partial charge >= 0.3 is 0 Å². The Morgan fingerprint density at radius 1 is 0.378 bits per heavy atom. The summed E-state index contributed by atoms with van der Waals surface area (Å²) in [5.41, 5.74) is 9.42. The van der Waals surface area contributed by atoms with Crippen LogP contribution in [0.3, 0.4) is 0 Å². The zero-order valence-electron chi connectivity index (χ0n) is 24.5. The van der Waals surface area contributed by atoms with Gasteiger partial charge in [0.2, 0.25) is 0 Å². The minimum Gasteiger partial charge on any atom is -0.310 e. The van der Waals surface area contributed by atoms with E-state index in [4.69, 9.17) is 0 Å². The van der Waals surface area contributed by atoms with E-state index in [1.54, 1.807) is 0 Å². The van der Waals surface area contributed by atoms with Gasteiger partial charge in [-0.15, -0.1) is 11.3 Å². The number of para-hydroxylation sites is 3. The molecule has 212 valence electrons. The maximum absolute atomic E-state index is 2.38. The van der Waals surface area contributed by atoms with Gasteiger partial charge in [-0.3, -0.25) is 0 Å². The summed E-state index contributed by atoms with van der Waals surface area (Å²) < 4.78 is 5.01. The van der Waals surface area contributed by atoms with E-state index >= 15 is 0 Å². The fourth-order valence-electron chi connectivity index (χ4n) is 6.69. The third-order valence-corrected chi connectivity index (χ3v) is 9.93. The van der Waals surface area contributed by atoms with E-state index in [1.165, 1.54) is 58.8 Å². The van der Waals surface area contributed by atoms with Gasteiger partial charge in [0.1, 0.15) is 0 Å². The quantitative estimate of drug-likeness (QED) is 0.193. The molecule has 0 amide bonds. The third-order valence-electron chi connectivity index (χ3n) is 8.78. The summed E-state index contributed by atoms with van der Waals surface area (Å²) in [5, 5.41) is 5.15. The molecule has 0 radical (unpaired) electrons. The highest BCUT2D eigenvalue weighted by Gasteiger charge is 2.16. The fraction of sp³-hybridized carbons (Fsp3) is 0. The van der Waals surface area contributed by atoms with Gasteiger partial charge < -0.3 is 9.47 Å². The number of nitrogens with zero attached hydrogens (tertiary/aromatic N) is 2. The van der Waals surface area contributed by atoms with Crippen LogP contribution >= 0.6 is 11.3 Å². The monoisotopic (exact) mass is 592 g/mol. The molecule has 2 aromatic heterocycles. The highest BCUT2D eigenvalue weighted by Crippen LogP contribution is 2.41. The first kappa shape index (κ1) is 25.8. The minimum absolute atomic E-state index is 1.13. The predicted molar refractivity (Wildman–Crippen MR) is 194 cm³/mol. The minimum atomic E-state index is 1.13. The van der Waals surface area contributed by atoms with Crippen LogP contribution in [0, 0.1) is 0 Å². The topological polar surface area (TPSA) is 8.17 Å². The number of hydrogen-bond acceptors (Lipinski definition) is 2. The number of fused-ring (bicyclic) bond motifs is 6. The Bertz CT molecular complexity index is 2470. The molecule has 7 aromatic carbocycles. The van der Waals surface area contributed by atoms with Gasteiger partial charge in [-0.05, 0) is 83.9 Å². The molecule has 0 aliphatic rings. The van der Waals surface area contributed by atoms with E-state index in [0.29, 0.717) is 0 Å². The molecule has 0 aliphatic heterocycles. The molecular formula is C42H28N2S. The molecule has 2 nitrogen and oxygen atoms in total. The van der Waals surface area contributed by atoms with E-state index in [1.807, 2.05) is 11.3 Å². The van der Waals surface area contributed by atoms with Crippen LogP contribution in [0.1, 0.15) is 0 Å². The van der Waals surface area contributed by atoms with Crippen LogP contribution in [-0.2, 0) is 0 Å². The van der Waals surface area contributed by atoms with Crippen LogP contribution in [0.25, 0.3) is 58.8 Å². The largest absolute Gasteiger partial charge is 0.310 e. The summed E-state index contributed by atoms with van der Waals surface area (Å²) >= 11 is 1.85. The highest BCUT2D eigenvalue weighted by molar-refractivity contribution is 7.25. The molecule has 3 heteroatoms. The number of rotatable bonds is 5. The Balaban J connectivity index is 1.16. The number of aromatic nitrogens is 1. The van der Waals surface area contributed by atoms with Crippen LogP contribution in [0.4, 0.5) is 17.1 Å². The summed E-state index contributed by atoms with van der Waals surface area (Å²) in [6.45, 7) is 0. The summed E-state index contributed by atoms with van der Waals surface area (Å²) in [6, 6.07) is 61.4. The molecule has 0 spiro atoms. The van der Waals surface area contributed by atoms with Crippen molar-refractivity contribution in [2.24, 2.45) is 0 Å². The molecule has 9 rings (SSSR count). The molecule has 0 saturated heterocycles. The van der Waals surface area contributed by atoms with Gasteiger partial charge in [0.15, 0.2) is 0 Å². The van der Waals surface area contributed by atoms with Gasteiger partial charge in [0.25, 0.3) is 0 Å². The lowest BCUT2D eigenvalue weighted by Gasteiger charge is -2.26. The molecule has 9 aromatic rings. The molecule has 2 heterocycles. The average molecular weight is 593 g/mol. The SMILES string of the molecule is c1ccc(N(c2ccc(-c3ccc4c5ccccc5n(-c5ccccc5)c4c3)cc2)c2ccc3sc4ccccc4c3c2)cc1. The van der Waals surface area contributed by atoms with Gasteiger partial charge in [-0.25, -0.2) is 0 Å². The van der Waals surface area contributed by atoms with Crippen molar-refractivity contribution < 1.29 is 0 Å². The molecule has 0 N–H and O–H groups in total. The molecule has 0 aliphatic carbocycles. The van der Waals surface area contributed by atoms with E-state index in [-0.39, 0.29) is 0 Å². The molecule has 0 fully saturated rings. The second kappa shape index (κ2) is 10.5. The second-order valence-electron chi connectivity index (χ2n) is 11.4. The Morgan fingerprint density at radius 2 is 0.978 bits per heavy atom. The fourth-order valence-corrected chi connectivity index (χ4v) is 7.77. The van der Waals surface area contributed by atoms with Crippen molar-refractivity contribution in [2.45, 2.75) is 0 Å². The first-order chi connectivity index (χ1) is 22.3. The van der Waals surface area contributed by atoms with Gasteiger partial charge in [0.05, 0.1) is 11.0 Å². The first-order valence-corrected chi connectivity index (χ1v) is 16.1. The summed E-state index contributed by atoms with van der Waals surface area (Å²) in [4.78, 5) is 2.35. The van der Waals surface area contributed by atoms with Crippen molar-refractivity contribution >= 4 is 70.4 Å². The summed E-state index contributed by atoms with van der Waals surface area (Å²) in [6.07, 6.45) is 0. The van der Waals surface area contributed by atoms with Crippen molar-refractivity contribution in [2.75, 3.05) is 4.90 Å². The zero-order chi connectivity index (χ0) is 29.7. The number of anilines is 3. The predicted octanol–water partition coefficient (Wildman–Crippen LogP) is 12.3. The van der Waals surface area contributed by atoms with Gasteiger partial charge in [-0.2, -0.15) is 0 Å². The lowest BCUT2D eigenvalue weighted by molar-refractivity contribution is 1.18. The van der Waals surface area contributed by atoms with Crippen LogP contribution in [0.15, 0.2) is 170 Å². The lowest BCUT2D eigenvalue weighted by Crippen LogP contribution is -2.09. The molecule has 0 bridgehead atoms. The van der Waals surface area contributed by atoms with E-state index in [0.717, 1.165) is 17.1 Å². The summed E-state index contributed by atoms with van der Waals surface area (Å²) in [5.74, 6) is 0. The van der Waals surface area contributed by atoms with Crippen LogP contribution in [-0.4, -0.2) is 4.57 Å². The first-order valence-electron chi connectivity index (χ1n) is 15.3. The maximum Gasteiger partial charge on any atom is 0.0547 e. The van der Waals surface area contributed by atoms with Crippen molar-refractivity contribution in [1.29, 1.82) is 0 Å². The van der Waals surface area contributed by atoms with Crippen molar-refractivity contribution in [1.82, 2.24) is 4.57 Å². The number of hydrogen-bond donors (Lipinski definition) is 0. The Labute approximate surface area is 265 Å². The molecule has 0 atom stereocenters. The third kappa shape index (κ3) is 4.32. The van der Waals surface area contributed by atoms with Gasteiger partial charge in [0, 0.05) is 53.7 Å². The van der Waals surface area contributed by atoms with Crippen molar-refractivity contribution in [3.8, 4) is 16.8 Å². The zero-order valence-corrected chi connectivity index (χ0v) is 25.3. The smallest absolute Gasteiger partial charge is 0.0547 e. The number of benzene rings is 7. The standard InChI is InChI=1S/C42H28N2S/c1-3-11-31(12-4-1)43(34-24-26-42-38(28-34)37-16-8-10-18-41(37)45-42)33-22-19-29(20-23-33)30-21-25-36-35-15-7-9-17-39(35)44(40(36)27-30)32-13-5-2-6-14-32/h1-28H. The molecule has 45 heavy (non-hydrogen) atoms. The average Bonchev–Trinajstić information content (AvgIpc) is 3.65. The van der Waals surface area contributed by atoms with Gasteiger partial charge in [-0.1, -0.05) is 97.1 Å². The number of thiophene rings is 1. The Morgan fingerprint density at radius 3 is 1.80 bits per heavy atom. The van der Waals surface area contributed by atoms with Crippen LogP contribution < -0.4 is 4.90 Å². The van der Waals surface area contributed by atoms with E-state index < -0.39 is 0 Å². The van der Waals surface area contributed by atoms with Crippen molar-refractivity contribution in [3.63, 3.8) is 0 Å². The normalized spacial score (nSPS) is 11.6. The highest BCUT2D eigenvalue weighted by atomic mass is 32.1. The maximum atomic E-state index is 2.38. The van der Waals surface area contributed by atoms with E-state index in [9.17, 15) is 0 Å². The summed E-state index contributed by atoms with van der Waals surface area (Å²) in [7, 11) is 0. The lowest BCUT2D eigenvalue weighted by atomic mass is 10.0. The molecule has 0 unspecified atom stereocenters. The van der Waals surface area contributed by atoms with Crippen LogP contribution in [0.5, 0.6) is 0 Å². The Kier molecular flexibility index (Phi) is 6.03. The van der Waals surface area contributed by atoms with Crippen molar-refractivity contribution in [3.05, 3.63) is 170 Å². The second-order valence-corrected chi connectivity index (χ2v) is 12.5. The van der Waals surface area contributed by atoms with Crippen LogP contribution in [0.2, 0.25) is 0 Å². The van der Waals surface area contributed by atoms with E-state index in [2.05, 4.69) is 179 Å². The molecular weight excluding hydrogens is 565 g/mol. The Hall–Kier alpha value is -5.64. The molecule has 0 saturated carbocycles.